The fraction of sp³-hybridized carbons (Fsp3) is 0.857. The quantitative estimate of drug-likeness (QED) is 0.505. The summed E-state index contributed by atoms with van der Waals surface area (Å²) in [6.45, 7) is 3.62. The standard InChI is InChI=1S/C7H14FO/c1-2-3-4-6-9-7-5-8/h6H,2-5,7H2,1H3. The Morgan fingerprint density at radius 2 is 2.33 bits per heavy atom. The highest BCUT2D eigenvalue weighted by Gasteiger charge is 1.86. The van der Waals surface area contributed by atoms with Crippen molar-refractivity contribution in [2.75, 3.05) is 13.3 Å². The van der Waals surface area contributed by atoms with Crippen LogP contribution in [0, 0.1) is 6.61 Å². The molecular formula is C7H14FO. The van der Waals surface area contributed by atoms with Gasteiger partial charge in [0.25, 0.3) is 0 Å². The van der Waals surface area contributed by atoms with E-state index in [0.717, 1.165) is 19.3 Å². The first-order valence-corrected chi connectivity index (χ1v) is 3.41. The van der Waals surface area contributed by atoms with Gasteiger partial charge in [0.2, 0.25) is 0 Å². The lowest BCUT2D eigenvalue weighted by molar-refractivity contribution is 0.169. The molecule has 2 heteroatoms. The van der Waals surface area contributed by atoms with E-state index in [1.54, 1.807) is 6.61 Å². The molecule has 1 nitrogen and oxygen atoms in total. The van der Waals surface area contributed by atoms with Crippen LogP contribution >= 0.6 is 0 Å². The van der Waals surface area contributed by atoms with E-state index < -0.39 is 0 Å². The van der Waals surface area contributed by atoms with E-state index in [1.807, 2.05) is 0 Å². The summed E-state index contributed by atoms with van der Waals surface area (Å²) in [5.74, 6) is 0. The molecule has 1 radical (unpaired) electrons. The molecule has 0 bridgehead atoms. The molecular weight excluding hydrogens is 119 g/mol. The van der Waals surface area contributed by atoms with E-state index >= 15 is 0 Å². The van der Waals surface area contributed by atoms with Crippen LogP contribution in [0.1, 0.15) is 26.2 Å². The Balaban J connectivity index is 2.60. The van der Waals surface area contributed by atoms with Gasteiger partial charge >= 0.3 is 0 Å². The number of halogens is 1. The Bertz CT molecular complexity index is 42.2. The number of rotatable bonds is 6. The maximum absolute atomic E-state index is 11.4. The molecule has 0 fully saturated rings. The summed E-state index contributed by atoms with van der Waals surface area (Å²) >= 11 is 0. The van der Waals surface area contributed by atoms with E-state index in [0.29, 0.717) is 0 Å². The fourth-order valence-electron chi connectivity index (χ4n) is 0.499. The van der Waals surface area contributed by atoms with Crippen molar-refractivity contribution in [2.45, 2.75) is 26.2 Å². The zero-order chi connectivity index (χ0) is 6.95. The molecule has 0 aliphatic carbocycles. The van der Waals surface area contributed by atoms with Crippen LogP contribution in [0.15, 0.2) is 0 Å². The molecule has 55 valence electrons. The highest BCUT2D eigenvalue weighted by molar-refractivity contribution is 4.49. The Hall–Kier alpha value is -0.110. The highest BCUT2D eigenvalue weighted by Crippen LogP contribution is 1.97. The third-order valence-corrected chi connectivity index (χ3v) is 0.988. The first-order chi connectivity index (χ1) is 4.41. The molecule has 0 rings (SSSR count). The lowest BCUT2D eigenvalue weighted by Gasteiger charge is -1.97. The van der Waals surface area contributed by atoms with Crippen LogP contribution in [0.25, 0.3) is 0 Å². The van der Waals surface area contributed by atoms with Crippen molar-refractivity contribution in [3.8, 4) is 0 Å². The Morgan fingerprint density at radius 3 is 2.89 bits per heavy atom. The lowest BCUT2D eigenvalue weighted by Crippen LogP contribution is -1.92. The van der Waals surface area contributed by atoms with Gasteiger partial charge in [0.15, 0.2) is 0 Å². The molecule has 0 aliphatic rings. The second-order valence-corrected chi connectivity index (χ2v) is 1.87. The van der Waals surface area contributed by atoms with Crippen molar-refractivity contribution in [1.29, 1.82) is 0 Å². The fourth-order valence-corrected chi connectivity index (χ4v) is 0.499. The summed E-state index contributed by atoms with van der Waals surface area (Å²) in [5.41, 5.74) is 0. The topological polar surface area (TPSA) is 9.23 Å². The third-order valence-electron chi connectivity index (χ3n) is 0.988. The molecule has 0 saturated heterocycles. The van der Waals surface area contributed by atoms with Crippen LogP contribution in [0.5, 0.6) is 0 Å². The van der Waals surface area contributed by atoms with Crippen molar-refractivity contribution in [3.63, 3.8) is 0 Å². The minimum atomic E-state index is -0.386. The van der Waals surface area contributed by atoms with Gasteiger partial charge in [-0.25, -0.2) is 4.39 Å². The van der Waals surface area contributed by atoms with E-state index in [1.165, 1.54) is 0 Å². The summed E-state index contributed by atoms with van der Waals surface area (Å²) in [7, 11) is 0. The van der Waals surface area contributed by atoms with Crippen molar-refractivity contribution < 1.29 is 9.13 Å². The van der Waals surface area contributed by atoms with Gasteiger partial charge in [0, 0.05) is 0 Å². The second-order valence-electron chi connectivity index (χ2n) is 1.87. The minimum absolute atomic E-state index is 0.212. The first kappa shape index (κ1) is 8.89. The largest absolute Gasteiger partial charge is 0.373 e. The molecule has 0 atom stereocenters. The number of alkyl halides is 1. The van der Waals surface area contributed by atoms with E-state index in [4.69, 9.17) is 4.74 Å². The predicted octanol–water partition coefficient (Wildman–Crippen LogP) is 2.32. The molecule has 0 aromatic carbocycles. The molecule has 0 aromatic heterocycles. The van der Waals surface area contributed by atoms with Gasteiger partial charge in [-0.3, -0.25) is 0 Å². The number of unbranched alkanes of at least 4 members (excludes halogenated alkanes) is 2. The zero-order valence-electron chi connectivity index (χ0n) is 5.90. The summed E-state index contributed by atoms with van der Waals surface area (Å²) in [6.07, 6.45) is 3.23. The zero-order valence-corrected chi connectivity index (χ0v) is 5.90. The Labute approximate surface area is 56.2 Å². The van der Waals surface area contributed by atoms with Crippen molar-refractivity contribution in [3.05, 3.63) is 6.61 Å². The van der Waals surface area contributed by atoms with E-state index in [2.05, 4.69) is 6.92 Å². The van der Waals surface area contributed by atoms with Crippen LogP contribution in [-0.2, 0) is 4.74 Å². The summed E-state index contributed by atoms with van der Waals surface area (Å²) < 4.78 is 16.1. The summed E-state index contributed by atoms with van der Waals surface area (Å²) in [4.78, 5) is 0. The highest BCUT2D eigenvalue weighted by atomic mass is 19.1. The minimum Gasteiger partial charge on any atom is -0.373 e. The predicted molar refractivity (Wildman–Crippen MR) is 35.8 cm³/mol. The summed E-state index contributed by atoms with van der Waals surface area (Å²) in [5, 5.41) is 0. The lowest BCUT2D eigenvalue weighted by atomic mass is 10.3. The molecule has 0 heterocycles. The first-order valence-electron chi connectivity index (χ1n) is 3.41. The van der Waals surface area contributed by atoms with Gasteiger partial charge in [-0.15, -0.1) is 0 Å². The van der Waals surface area contributed by atoms with Crippen LogP contribution in [-0.4, -0.2) is 13.3 Å². The molecule has 0 spiro atoms. The number of hydrogen-bond donors (Lipinski definition) is 0. The molecule has 9 heavy (non-hydrogen) atoms. The van der Waals surface area contributed by atoms with Gasteiger partial charge in [0.05, 0.1) is 13.2 Å². The summed E-state index contributed by atoms with van der Waals surface area (Å²) in [6, 6.07) is 0. The van der Waals surface area contributed by atoms with Gasteiger partial charge in [0.1, 0.15) is 6.67 Å². The molecule has 0 aliphatic heterocycles. The average molecular weight is 133 g/mol. The van der Waals surface area contributed by atoms with Crippen LogP contribution in [0.3, 0.4) is 0 Å². The number of ether oxygens (including phenoxy) is 1. The maximum atomic E-state index is 11.4. The molecule has 0 unspecified atom stereocenters. The van der Waals surface area contributed by atoms with Crippen LogP contribution in [0.2, 0.25) is 0 Å². The van der Waals surface area contributed by atoms with Crippen molar-refractivity contribution in [1.82, 2.24) is 0 Å². The van der Waals surface area contributed by atoms with Gasteiger partial charge in [-0.05, 0) is 6.42 Å². The monoisotopic (exact) mass is 133 g/mol. The smallest absolute Gasteiger partial charge is 0.113 e. The van der Waals surface area contributed by atoms with Gasteiger partial charge in [-0.2, -0.15) is 0 Å². The van der Waals surface area contributed by atoms with Gasteiger partial charge < -0.3 is 4.74 Å². The molecule has 0 N–H and O–H groups in total. The SMILES string of the molecule is CCCC[CH]OCCF. The normalized spacial score (nSPS) is 10.0. The Kier molecular flexibility index (Phi) is 7.79. The average Bonchev–Trinajstić information content (AvgIpc) is 1.89. The van der Waals surface area contributed by atoms with Crippen LogP contribution < -0.4 is 0 Å². The maximum Gasteiger partial charge on any atom is 0.113 e. The third kappa shape index (κ3) is 7.89. The van der Waals surface area contributed by atoms with Crippen molar-refractivity contribution in [2.24, 2.45) is 0 Å². The second kappa shape index (κ2) is 7.89. The number of hydrogen-bond acceptors (Lipinski definition) is 1. The van der Waals surface area contributed by atoms with Gasteiger partial charge in [-0.1, -0.05) is 19.8 Å². The molecule has 0 aromatic rings. The molecule has 0 amide bonds. The Morgan fingerprint density at radius 1 is 1.56 bits per heavy atom. The van der Waals surface area contributed by atoms with E-state index in [9.17, 15) is 4.39 Å². The molecule has 0 saturated carbocycles. The van der Waals surface area contributed by atoms with E-state index in [-0.39, 0.29) is 13.3 Å². The van der Waals surface area contributed by atoms with Crippen LogP contribution in [0.4, 0.5) is 4.39 Å². The van der Waals surface area contributed by atoms with Crippen molar-refractivity contribution >= 4 is 0 Å².